The average Bonchev–Trinajstić information content (AvgIpc) is 2.28. The lowest BCUT2D eigenvalue weighted by atomic mass is 10.1. The second-order valence-electron chi connectivity index (χ2n) is 3.84. The molecule has 84 valence electrons. The highest BCUT2D eigenvalue weighted by molar-refractivity contribution is 5.22. The number of likely N-dealkylation sites (N-methyl/N-ethyl adjacent to an activating group) is 1. The average molecular weight is 207 g/mol. The molecule has 15 heavy (non-hydrogen) atoms. The van der Waals surface area contributed by atoms with Crippen molar-refractivity contribution < 1.29 is 0 Å². The van der Waals surface area contributed by atoms with Crippen LogP contribution in [-0.2, 0) is 13.0 Å². The summed E-state index contributed by atoms with van der Waals surface area (Å²) in [6, 6.07) is 8.61. The molecule has 3 N–H and O–H groups in total. The lowest BCUT2D eigenvalue weighted by Gasteiger charge is -2.13. The van der Waals surface area contributed by atoms with Crippen LogP contribution in [0.3, 0.4) is 0 Å². The molecule has 0 bridgehead atoms. The molecule has 1 aromatic carbocycles. The Bertz CT molecular complexity index is 269. The Morgan fingerprint density at radius 2 is 1.80 bits per heavy atom. The van der Waals surface area contributed by atoms with Crippen molar-refractivity contribution in [2.75, 3.05) is 20.1 Å². The zero-order valence-electron chi connectivity index (χ0n) is 9.66. The Kier molecular flexibility index (Phi) is 5.32. The van der Waals surface area contributed by atoms with E-state index in [9.17, 15) is 0 Å². The van der Waals surface area contributed by atoms with Gasteiger partial charge in [0.25, 0.3) is 0 Å². The Morgan fingerprint density at radius 1 is 1.20 bits per heavy atom. The van der Waals surface area contributed by atoms with Crippen LogP contribution in [0.25, 0.3) is 0 Å². The first-order valence-corrected chi connectivity index (χ1v) is 5.46. The van der Waals surface area contributed by atoms with E-state index in [1.165, 1.54) is 11.1 Å². The molecule has 1 rings (SSSR count). The van der Waals surface area contributed by atoms with Crippen LogP contribution >= 0.6 is 0 Å². The fourth-order valence-corrected chi connectivity index (χ4v) is 1.42. The van der Waals surface area contributed by atoms with Gasteiger partial charge in [-0.2, -0.15) is 0 Å². The molecule has 1 aromatic rings. The minimum atomic E-state index is 0.731. The standard InChI is InChI=1S/C12H21N3/c1-3-15(2)9-8-11-4-6-12(7-5-11)10-14-13/h4-7,14H,3,8-10,13H2,1-2H3. The number of hydrogen-bond donors (Lipinski definition) is 2. The number of nitrogens with zero attached hydrogens (tertiary/aromatic N) is 1. The van der Waals surface area contributed by atoms with E-state index >= 15 is 0 Å². The van der Waals surface area contributed by atoms with Gasteiger partial charge in [-0.3, -0.25) is 11.3 Å². The first-order chi connectivity index (χ1) is 7.26. The summed E-state index contributed by atoms with van der Waals surface area (Å²) in [5.74, 6) is 5.26. The zero-order valence-corrected chi connectivity index (χ0v) is 9.66. The van der Waals surface area contributed by atoms with E-state index in [1.807, 2.05) is 0 Å². The molecular weight excluding hydrogens is 186 g/mol. The van der Waals surface area contributed by atoms with Crippen molar-refractivity contribution >= 4 is 0 Å². The van der Waals surface area contributed by atoms with Crippen LogP contribution in [0.1, 0.15) is 18.1 Å². The third kappa shape index (κ3) is 4.42. The largest absolute Gasteiger partial charge is 0.306 e. The van der Waals surface area contributed by atoms with Gasteiger partial charge in [-0.25, -0.2) is 0 Å². The molecule has 0 aliphatic rings. The van der Waals surface area contributed by atoms with E-state index in [0.717, 1.165) is 26.1 Å². The first kappa shape index (κ1) is 12.2. The first-order valence-electron chi connectivity index (χ1n) is 5.46. The summed E-state index contributed by atoms with van der Waals surface area (Å²) in [5.41, 5.74) is 5.27. The summed E-state index contributed by atoms with van der Waals surface area (Å²) in [5, 5.41) is 0. The molecule has 0 saturated heterocycles. The maximum absolute atomic E-state index is 5.26. The van der Waals surface area contributed by atoms with Crippen LogP contribution in [0.2, 0.25) is 0 Å². The van der Waals surface area contributed by atoms with E-state index in [4.69, 9.17) is 5.84 Å². The smallest absolute Gasteiger partial charge is 0.0348 e. The van der Waals surface area contributed by atoms with Crippen molar-refractivity contribution in [3.63, 3.8) is 0 Å². The molecule has 0 aliphatic heterocycles. The van der Waals surface area contributed by atoms with Gasteiger partial charge in [-0.15, -0.1) is 0 Å². The minimum absolute atomic E-state index is 0.731. The molecule has 3 nitrogen and oxygen atoms in total. The van der Waals surface area contributed by atoms with Gasteiger partial charge in [0.05, 0.1) is 0 Å². The van der Waals surface area contributed by atoms with Crippen molar-refractivity contribution in [1.82, 2.24) is 10.3 Å². The number of rotatable bonds is 6. The van der Waals surface area contributed by atoms with Crippen LogP contribution in [0.4, 0.5) is 0 Å². The highest BCUT2D eigenvalue weighted by atomic mass is 15.2. The van der Waals surface area contributed by atoms with E-state index in [-0.39, 0.29) is 0 Å². The maximum atomic E-state index is 5.26. The monoisotopic (exact) mass is 207 g/mol. The van der Waals surface area contributed by atoms with Gasteiger partial charge >= 0.3 is 0 Å². The fourth-order valence-electron chi connectivity index (χ4n) is 1.42. The lowest BCUT2D eigenvalue weighted by Crippen LogP contribution is -2.21. The SMILES string of the molecule is CCN(C)CCc1ccc(CNN)cc1. The van der Waals surface area contributed by atoms with Gasteiger partial charge in [0.15, 0.2) is 0 Å². The predicted molar refractivity (Wildman–Crippen MR) is 64.3 cm³/mol. The summed E-state index contributed by atoms with van der Waals surface area (Å²) < 4.78 is 0. The third-order valence-electron chi connectivity index (χ3n) is 2.65. The molecule has 0 spiro atoms. The Hall–Kier alpha value is -0.900. The summed E-state index contributed by atoms with van der Waals surface area (Å²) >= 11 is 0. The number of benzene rings is 1. The highest BCUT2D eigenvalue weighted by Gasteiger charge is 1.97. The lowest BCUT2D eigenvalue weighted by molar-refractivity contribution is 0.357. The van der Waals surface area contributed by atoms with Gasteiger partial charge in [0.2, 0.25) is 0 Å². The summed E-state index contributed by atoms with van der Waals surface area (Å²) in [4.78, 5) is 2.31. The molecule has 0 atom stereocenters. The Morgan fingerprint density at radius 3 is 2.33 bits per heavy atom. The molecule has 0 aliphatic carbocycles. The second kappa shape index (κ2) is 6.56. The topological polar surface area (TPSA) is 41.3 Å². The van der Waals surface area contributed by atoms with Crippen molar-refractivity contribution in [1.29, 1.82) is 0 Å². The third-order valence-corrected chi connectivity index (χ3v) is 2.65. The highest BCUT2D eigenvalue weighted by Crippen LogP contribution is 2.05. The summed E-state index contributed by atoms with van der Waals surface area (Å²) in [6.45, 7) is 5.13. The molecule has 0 fully saturated rings. The molecule has 0 saturated carbocycles. The van der Waals surface area contributed by atoms with E-state index in [1.54, 1.807) is 0 Å². The van der Waals surface area contributed by atoms with Crippen molar-refractivity contribution in [2.24, 2.45) is 5.84 Å². The van der Waals surface area contributed by atoms with E-state index in [2.05, 4.69) is 48.6 Å². The minimum Gasteiger partial charge on any atom is -0.306 e. The summed E-state index contributed by atoms with van der Waals surface area (Å²) in [6.07, 6.45) is 1.11. The Labute approximate surface area is 92.2 Å². The number of nitrogens with one attached hydrogen (secondary N) is 1. The normalized spacial score (nSPS) is 10.9. The van der Waals surface area contributed by atoms with Crippen LogP contribution in [-0.4, -0.2) is 25.0 Å². The van der Waals surface area contributed by atoms with Crippen molar-refractivity contribution in [2.45, 2.75) is 19.9 Å². The zero-order chi connectivity index (χ0) is 11.1. The molecule has 0 heterocycles. The quantitative estimate of drug-likeness (QED) is 0.543. The summed E-state index contributed by atoms with van der Waals surface area (Å²) in [7, 11) is 2.15. The van der Waals surface area contributed by atoms with Gasteiger partial charge in [0, 0.05) is 13.1 Å². The molecule has 0 amide bonds. The van der Waals surface area contributed by atoms with Crippen molar-refractivity contribution in [3.8, 4) is 0 Å². The predicted octanol–water partition coefficient (Wildman–Crippen LogP) is 1.14. The van der Waals surface area contributed by atoms with E-state index < -0.39 is 0 Å². The maximum Gasteiger partial charge on any atom is 0.0348 e. The Balaban J connectivity index is 2.42. The molecule has 3 heteroatoms. The van der Waals surface area contributed by atoms with Crippen LogP contribution in [0.15, 0.2) is 24.3 Å². The fraction of sp³-hybridized carbons (Fsp3) is 0.500. The van der Waals surface area contributed by atoms with Crippen molar-refractivity contribution in [3.05, 3.63) is 35.4 Å². The van der Waals surface area contributed by atoms with Crippen LogP contribution in [0.5, 0.6) is 0 Å². The van der Waals surface area contributed by atoms with Gasteiger partial charge in [-0.1, -0.05) is 31.2 Å². The molecule has 0 aromatic heterocycles. The number of nitrogens with two attached hydrogens (primary N) is 1. The molecular formula is C12H21N3. The van der Waals surface area contributed by atoms with Crippen LogP contribution < -0.4 is 11.3 Å². The van der Waals surface area contributed by atoms with Crippen LogP contribution in [0, 0.1) is 0 Å². The molecule has 0 unspecified atom stereocenters. The number of hydrazine groups is 1. The second-order valence-corrected chi connectivity index (χ2v) is 3.84. The molecule has 0 radical (unpaired) electrons. The van der Waals surface area contributed by atoms with Gasteiger partial charge in [0.1, 0.15) is 0 Å². The van der Waals surface area contributed by atoms with Gasteiger partial charge < -0.3 is 4.90 Å². The van der Waals surface area contributed by atoms with Gasteiger partial charge in [-0.05, 0) is 31.1 Å². The van der Waals surface area contributed by atoms with E-state index in [0.29, 0.717) is 0 Å². The number of hydrogen-bond acceptors (Lipinski definition) is 3.